The molecule has 0 saturated carbocycles. The number of carbonyl (C=O) groups excluding carboxylic acids is 1. The molecule has 0 radical (unpaired) electrons. The van der Waals surface area contributed by atoms with Gasteiger partial charge in [-0.25, -0.2) is 0 Å². The summed E-state index contributed by atoms with van der Waals surface area (Å²) in [7, 11) is 0. The Bertz CT molecular complexity index is 758. The lowest BCUT2D eigenvalue weighted by Gasteiger charge is -2.13. The Morgan fingerprint density at radius 3 is 2.42 bits per heavy atom. The molecule has 0 aromatic heterocycles. The molecule has 0 aliphatic carbocycles. The predicted molar refractivity (Wildman–Crippen MR) is 103 cm³/mol. The summed E-state index contributed by atoms with van der Waals surface area (Å²) in [5, 5.41) is 13.8. The number of benzene rings is 2. The molecule has 5 heteroatoms. The van der Waals surface area contributed by atoms with Crippen molar-refractivity contribution in [3.63, 3.8) is 0 Å². The Kier molecular flexibility index (Phi) is 6.77. The minimum absolute atomic E-state index is 0.000436. The summed E-state index contributed by atoms with van der Waals surface area (Å²) in [6.07, 6.45) is 0. The SMILES string of the molecule is Cc1ccccc1CSCC(=O)Nc1c(C)cc(SC#N)cc1C. The molecule has 0 saturated heterocycles. The summed E-state index contributed by atoms with van der Waals surface area (Å²) in [4.78, 5) is 13.1. The largest absolute Gasteiger partial charge is 0.325 e. The third-order valence-electron chi connectivity index (χ3n) is 3.69. The van der Waals surface area contributed by atoms with Gasteiger partial charge < -0.3 is 5.32 Å². The van der Waals surface area contributed by atoms with Crippen LogP contribution < -0.4 is 5.32 Å². The Labute approximate surface area is 151 Å². The van der Waals surface area contributed by atoms with E-state index in [1.54, 1.807) is 11.8 Å². The molecule has 0 heterocycles. The third-order valence-corrected chi connectivity index (χ3v) is 5.23. The minimum Gasteiger partial charge on any atom is -0.325 e. The molecule has 1 amide bonds. The number of hydrogen-bond acceptors (Lipinski definition) is 4. The summed E-state index contributed by atoms with van der Waals surface area (Å²) in [6.45, 7) is 5.98. The number of carbonyl (C=O) groups is 1. The molecule has 24 heavy (non-hydrogen) atoms. The molecule has 0 bridgehead atoms. The summed E-state index contributed by atoms with van der Waals surface area (Å²) < 4.78 is 0. The normalized spacial score (nSPS) is 10.2. The van der Waals surface area contributed by atoms with Crippen LogP contribution in [-0.2, 0) is 10.5 Å². The number of thioether (sulfide) groups is 2. The van der Waals surface area contributed by atoms with E-state index in [0.717, 1.165) is 39.2 Å². The zero-order valence-electron chi connectivity index (χ0n) is 14.1. The van der Waals surface area contributed by atoms with E-state index < -0.39 is 0 Å². The molecule has 2 rings (SSSR count). The molecule has 0 atom stereocenters. The highest BCUT2D eigenvalue weighted by Gasteiger charge is 2.10. The molecule has 2 aromatic rings. The maximum absolute atomic E-state index is 12.2. The molecule has 0 spiro atoms. The smallest absolute Gasteiger partial charge is 0.234 e. The topological polar surface area (TPSA) is 52.9 Å². The summed E-state index contributed by atoms with van der Waals surface area (Å²) in [6, 6.07) is 12.1. The van der Waals surface area contributed by atoms with Gasteiger partial charge in [-0.05, 0) is 66.9 Å². The van der Waals surface area contributed by atoms with Crippen LogP contribution in [-0.4, -0.2) is 11.7 Å². The maximum atomic E-state index is 12.2. The van der Waals surface area contributed by atoms with Gasteiger partial charge in [-0.2, -0.15) is 5.26 Å². The molecular weight excluding hydrogens is 336 g/mol. The molecule has 3 nitrogen and oxygen atoms in total. The van der Waals surface area contributed by atoms with Crippen molar-refractivity contribution < 1.29 is 4.79 Å². The van der Waals surface area contributed by atoms with E-state index in [4.69, 9.17) is 5.26 Å². The predicted octanol–water partition coefficient (Wildman–Crippen LogP) is 5.06. The molecule has 0 aliphatic rings. The standard InChI is InChI=1S/C19H20N2OS2/c1-13-6-4-5-7-16(13)10-23-11-18(22)21-19-14(2)8-17(24-12-20)9-15(19)3/h4-9H,10-11H2,1-3H3,(H,21,22). The molecule has 0 aliphatic heterocycles. The highest BCUT2D eigenvalue weighted by Crippen LogP contribution is 2.27. The summed E-state index contributed by atoms with van der Waals surface area (Å²) in [5.41, 5.74) is 5.32. The van der Waals surface area contributed by atoms with Crippen LogP contribution in [0.4, 0.5) is 5.69 Å². The van der Waals surface area contributed by atoms with Crippen molar-refractivity contribution >= 4 is 35.1 Å². The van der Waals surface area contributed by atoms with E-state index in [1.807, 2.05) is 38.1 Å². The van der Waals surface area contributed by atoms with Crippen LogP contribution >= 0.6 is 23.5 Å². The van der Waals surface area contributed by atoms with Gasteiger partial charge in [0.05, 0.1) is 5.75 Å². The van der Waals surface area contributed by atoms with E-state index in [0.29, 0.717) is 5.75 Å². The fraction of sp³-hybridized carbons (Fsp3) is 0.263. The van der Waals surface area contributed by atoms with Crippen LogP contribution in [0, 0.1) is 31.4 Å². The fourth-order valence-electron chi connectivity index (χ4n) is 2.43. The Morgan fingerprint density at radius 1 is 1.12 bits per heavy atom. The Morgan fingerprint density at radius 2 is 1.79 bits per heavy atom. The van der Waals surface area contributed by atoms with Crippen molar-refractivity contribution in [1.29, 1.82) is 5.26 Å². The van der Waals surface area contributed by atoms with Crippen molar-refractivity contribution in [3.8, 4) is 5.40 Å². The van der Waals surface area contributed by atoms with Crippen molar-refractivity contribution in [2.75, 3.05) is 11.1 Å². The van der Waals surface area contributed by atoms with Gasteiger partial charge in [0.15, 0.2) is 0 Å². The zero-order valence-corrected chi connectivity index (χ0v) is 15.7. The van der Waals surface area contributed by atoms with Crippen LogP contribution in [0.25, 0.3) is 0 Å². The van der Waals surface area contributed by atoms with Gasteiger partial charge in [0, 0.05) is 16.3 Å². The lowest BCUT2D eigenvalue weighted by atomic mass is 10.1. The zero-order chi connectivity index (χ0) is 17.5. The van der Waals surface area contributed by atoms with Crippen LogP contribution in [0.5, 0.6) is 0 Å². The number of amides is 1. The summed E-state index contributed by atoms with van der Waals surface area (Å²) >= 11 is 2.74. The lowest BCUT2D eigenvalue weighted by Crippen LogP contribution is -2.16. The van der Waals surface area contributed by atoms with E-state index in [9.17, 15) is 4.79 Å². The monoisotopic (exact) mass is 356 g/mol. The van der Waals surface area contributed by atoms with E-state index in [-0.39, 0.29) is 5.91 Å². The van der Waals surface area contributed by atoms with Crippen LogP contribution in [0.3, 0.4) is 0 Å². The Balaban J connectivity index is 1.93. The fourth-order valence-corrected chi connectivity index (χ4v) is 3.91. The Hall–Kier alpha value is -1.90. The molecule has 0 unspecified atom stereocenters. The van der Waals surface area contributed by atoms with Crippen molar-refractivity contribution in [2.24, 2.45) is 0 Å². The van der Waals surface area contributed by atoms with E-state index in [1.165, 1.54) is 11.1 Å². The molecule has 2 aromatic carbocycles. The van der Waals surface area contributed by atoms with E-state index >= 15 is 0 Å². The lowest BCUT2D eigenvalue weighted by molar-refractivity contribution is -0.113. The number of nitrogens with zero attached hydrogens (tertiary/aromatic N) is 1. The average Bonchev–Trinajstić information content (AvgIpc) is 2.53. The second-order valence-electron chi connectivity index (χ2n) is 5.59. The number of nitriles is 1. The first-order valence-electron chi connectivity index (χ1n) is 7.60. The first-order valence-corrected chi connectivity index (χ1v) is 9.57. The highest BCUT2D eigenvalue weighted by molar-refractivity contribution is 8.03. The molecule has 1 N–H and O–H groups in total. The van der Waals surface area contributed by atoms with Crippen LogP contribution in [0.2, 0.25) is 0 Å². The van der Waals surface area contributed by atoms with Crippen LogP contribution in [0.1, 0.15) is 22.3 Å². The maximum Gasteiger partial charge on any atom is 0.234 e. The van der Waals surface area contributed by atoms with Gasteiger partial charge >= 0.3 is 0 Å². The van der Waals surface area contributed by atoms with Crippen molar-refractivity contribution in [2.45, 2.75) is 31.4 Å². The molecular formula is C19H20N2OS2. The second kappa shape index (κ2) is 8.81. The van der Waals surface area contributed by atoms with Gasteiger partial charge in [-0.1, -0.05) is 24.3 Å². The number of anilines is 1. The van der Waals surface area contributed by atoms with Crippen molar-refractivity contribution in [3.05, 3.63) is 58.7 Å². The first-order chi connectivity index (χ1) is 11.5. The number of thiocyanates is 1. The molecule has 124 valence electrons. The number of aryl methyl sites for hydroxylation is 3. The second-order valence-corrected chi connectivity index (χ2v) is 7.44. The average molecular weight is 357 g/mol. The number of hydrogen-bond donors (Lipinski definition) is 1. The third kappa shape index (κ3) is 5.05. The summed E-state index contributed by atoms with van der Waals surface area (Å²) in [5.74, 6) is 1.25. The first kappa shape index (κ1) is 18.4. The van der Waals surface area contributed by atoms with Gasteiger partial charge in [0.25, 0.3) is 0 Å². The molecule has 0 fully saturated rings. The quantitative estimate of drug-likeness (QED) is 0.581. The minimum atomic E-state index is 0.000436. The highest BCUT2D eigenvalue weighted by atomic mass is 32.2. The van der Waals surface area contributed by atoms with Gasteiger partial charge in [-0.3, -0.25) is 4.79 Å². The van der Waals surface area contributed by atoms with Gasteiger partial charge in [0.1, 0.15) is 5.40 Å². The van der Waals surface area contributed by atoms with E-state index in [2.05, 4.69) is 29.8 Å². The van der Waals surface area contributed by atoms with Crippen molar-refractivity contribution in [1.82, 2.24) is 0 Å². The van der Waals surface area contributed by atoms with Gasteiger partial charge in [-0.15, -0.1) is 11.8 Å². The van der Waals surface area contributed by atoms with Gasteiger partial charge in [0.2, 0.25) is 5.91 Å². The van der Waals surface area contributed by atoms with Crippen LogP contribution in [0.15, 0.2) is 41.3 Å². The number of nitrogens with one attached hydrogen (secondary N) is 1. The number of rotatable bonds is 6.